The van der Waals surface area contributed by atoms with E-state index in [1.165, 1.54) is 29.2 Å². The molecule has 0 unspecified atom stereocenters. The quantitative estimate of drug-likeness (QED) is 0.777. The van der Waals surface area contributed by atoms with Gasteiger partial charge in [0.25, 0.3) is 5.91 Å². The van der Waals surface area contributed by atoms with E-state index in [9.17, 15) is 14.0 Å². The van der Waals surface area contributed by atoms with Crippen LogP contribution < -0.4 is 5.32 Å². The van der Waals surface area contributed by atoms with E-state index in [0.717, 1.165) is 24.4 Å². The summed E-state index contributed by atoms with van der Waals surface area (Å²) >= 11 is 1.07. The van der Waals surface area contributed by atoms with Crippen molar-refractivity contribution in [1.29, 1.82) is 0 Å². The number of rotatable bonds is 6. The van der Waals surface area contributed by atoms with Crippen molar-refractivity contribution >= 4 is 23.3 Å². The number of carbonyl (C=O) groups excluding carboxylic acids is 2. The number of halogens is 1. The highest BCUT2D eigenvalue weighted by molar-refractivity contribution is 7.03. The number of aromatic nitrogens is 2. The van der Waals surface area contributed by atoms with Crippen LogP contribution in [0.2, 0.25) is 0 Å². The van der Waals surface area contributed by atoms with Crippen LogP contribution in [0.5, 0.6) is 0 Å². The highest BCUT2D eigenvalue weighted by Gasteiger charge is 2.36. The van der Waals surface area contributed by atoms with Crippen molar-refractivity contribution in [3.05, 3.63) is 46.7 Å². The molecule has 1 aromatic heterocycles. The molecule has 7 nitrogen and oxygen atoms in total. The molecule has 0 aliphatic carbocycles. The van der Waals surface area contributed by atoms with Crippen molar-refractivity contribution in [2.45, 2.75) is 51.3 Å². The summed E-state index contributed by atoms with van der Waals surface area (Å²) < 4.78 is 23.0. The number of nitrogens with one attached hydrogen (secondary N) is 1. The molecular formula is C20H25FN4O3S. The average Bonchev–Trinajstić information content (AvgIpc) is 3.34. The fraction of sp³-hybridized carbons (Fsp3) is 0.500. The highest BCUT2D eigenvalue weighted by Crippen LogP contribution is 2.27. The lowest BCUT2D eigenvalue weighted by atomic mass is 10.0. The van der Waals surface area contributed by atoms with E-state index in [1.54, 1.807) is 5.38 Å². The third kappa shape index (κ3) is 5.57. The minimum atomic E-state index is -0.951. The van der Waals surface area contributed by atoms with Crippen molar-refractivity contribution in [2.24, 2.45) is 0 Å². The van der Waals surface area contributed by atoms with Gasteiger partial charge in [0.1, 0.15) is 11.9 Å². The summed E-state index contributed by atoms with van der Waals surface area (Å²) in [5, 5.41) is 8.37. The Morgan fingerprint density at radius 2 is 2.07 bits per heavy atom. The molecule has 156 valence electrons. The first kappa shape index (κ1) is 21.3. The molecule has 9 heteroatoms. The molecule has 3 rings (SSSR count). The second kappa shape index (κ2) is 8.96. The van der Waals surface area contributed by atoms with Crippen molar-refractivity contribution in [1.82, 2.24) is 19.8 Å². The Bertz CT molecular complexity index is 830. The molecule has 2 atom stereocenters. The molecule has 2 heterocycles. The fourth-order valence-corrected chi connectivity index (χ4v) is 3.70. The van der Waals surface area contributed by atoms with Crippen LogP contribution in [-0.2, 0) is 9.53 Å². The van der Waals surface area contributed by atoms with Crippen LogP contribution in [0.4, 0.5) is 4.39 Å². The molecule has 1 aliphatic heterocycles. The van der Waals surface area contributed by atoms with E-state index in [-0.39, 0.29) is 24.2 Å². The second-order valence-electron chi connectivity index (χ2n) is 8.08. The van der Waals surface area contributed by atoms with Gasteiger partial charge in [-0.05, 0) is 62.8 Å². The summed E-state index contributed by atoms with van der Waals surface area (Å²) in [6, 6.07) is 4.67. The molecule has 0 saturated carbocycles. The van der Waals surface area contributed by atoms with Crippen LogP contribution in [0.15, 0.2) is 29.6 Å². The van der Waals surface area contributed by atoms with E-state index in [4.69, 9.17) is 4.74 Å². The minimum Gasteiger partial charge on any atom is -0.376 e. The lowest BCUT2D eigenvalue weighted by Crippen LogP contribution is -2.51. The first-order chi connectivity index (χ1) is 13.7. The van der Waals surface area contributed by atoms with E-state index < -0.39 is 23.3 Å². The van der Waals surface area contributed by atoms with Gasteiger partial charge in [-0.2, -0.15) is 0 Å². The molecule has 29 heavy (non-hydrogen) atoms. The molecule has 0 radical (unpaired) electrons. The Hall–Kier alpha value is -2.39. The number of carbonyl (C=O) groups is 2. The van der Waals surface area contributed by atoms with Crippen LogP contribution in [-0.4, -0.2) is 51.1 Å². The first-order valence-electron chi connectivity index (χ1n) is 9.52. The van der Waals surface area contributed by atoms with Crippen LogP contribution in [0, 0.1) is 5.82 Å². The molecule has 1 N–H and O–H groups in total. The zero-order valence-corrected chi connectivity index (χ0v) is 17.5. The number of hydrogen-bond acceptors (Lipinski definition) is 6. The normalized spacial score (nSPS) is 17.7. The minimum absolute atomic E-state index is 0.170. The van der Waals surface area contributed by atoms with Crippen LogP contribution in [0.3, 0.4) is 0 Å². The summed E-state index contributed by atoms with van der Waals surface area (Å²) in [6.07, 6.45) is 1.53. The molecule has 1 fully saturated rings. The number of ether oxygens (including phenoxy) is 1. The van der Waals surface area contributed by atoms with E-state index >= 15 is 0 Å². The first-order valence-corrected chi connectivity index (χ1v) is 10.4. The van der Waals surface area contributed by atoms with E-state index in [1.807, 2.05) is 20.8 Å². The maximum absolute atomic E-state index is 13.5. The molecular weight excluding hydrogens is 395 g/mol. The van der Waals surface area contributed by atoms with Crippen LogP contribution >= 0.6 is 11.5 Å². The summed E-state index contributed by atoms with van der Waals surface area (Å²) in [4.78, 5) is 28.0. The maximum Gasteiger partial charge on any atom is 0.276 e. The molecule has 1 aromatic carbocycles. The molecule has 2 amide bonds. The Labute approximate surface area is 173 Å². The van der Waals surface area contributed by atoms with Crippen molar-refractivity contribution in [3.63, 3.8) is 0 Å². The largest absolute Gasteiger partial charge is 0.376 e. The zero-order chi connectivity index (χ0) is 21.0. The molecule has 1 aliphatic rings. The average molecular weight is 421 g/mol. The van der Waals surface area contributed by atoms with E-state index in [2.05, 4.69) is 14.9 Å². The van der Waals surface area contributed by atoms with Gasteiger partial charge in [-0.15, -0.1) is 5.10 Å². The number of benzene rings is 1. The number of nitrogens with zero attached hydrogens (tertiary/aromatic N) is 3. The topological polar surface area (TPSA) is 84.4 Å². The second-order valence-corrected chi connectivity index (χ2v) is 8.69. The fourth-order valence-electron chi connectivity index (χ4n) is 3.27. The van der Waals surface area contributed by atoms with Gasteiger partial charge in [0.15, 0.2) is 5.69 Å². The molecule has 0 spiro atoms. The summed E-state index contributed by atoms with van der Waals surface area (Å²) in [7, 11) is 0. The van der Waals surface area contributed by atoms with Gasteiger partial charge in [0.2, 0.25) is 5.91 Å². The van der Waals surface area contributed by atoms with Crippen molar-refractivity contribution in [2.75, 3.05) is 13.2 Å². The lowest BCUT2D eigenvalue weighted by Gasteiger charge is -2.34. The summed E-state index contributed by atoms with van der Waals surface area (Å²) in [5.41, 5.74) is 0.183. The van der Waals surface area contributed by atoms with Crippen molar-refractivity contribution in [3.8, 4) is 0 Å². The van der Waals surface area contributed by atoms with Gasteiger partial charge in [0, 0.05) is 24.1 Å². The summed E-state index contributed by atoms with van der Waals surface area (Å²) in [5.74, 6) is -1.17. The van der Waals surface area contributed by atoms with Crippen molar-refractivity contribution < 1.29 is 18.7 Å². The Balaban J connectivity index is 2.00. The predicted octanol–water partition coefficient (Wildman–Crippen LogP) is 2.95. The number of hydrogen-bond donors (Lipinski definition) is 1. The summed E-state index contributed by atoms with van der Waals surface area (Å²) in [6.45, 7) is 6.45. The molecule has 1 saturated heterocycles. The smallest absolute Gasteiger partial charge is 0.276 e. The van der Waals surface area contributed by atoms with Crippen LogP contribution in [0.1, 0.15) is 55.7 Å². The maximum atomic E-state index is 13.5. The monoisotopic (exact) mass is 420 g/mol. The van der Waals surface area contributed by atoms with Gasteiger partial charge < -0.3 is 15.0 Å². The van der Waals surface area contributed by atoms with Gasteiger partial charge in [-0.3, -0.25) is 9.59 Å². The standard InChI is InChI=1S/C20H25FN4O3S/c1-20(2,3)22-18(26)17(13-6-8-14(21)9-7-13)25(11-15-5-4-10-28-15)19(27)16-12-29-24-23-16/h6-9,12,15,17H,4-5,10-11H2,1-3H3,(H,22,26)/t15-,17+/m1/s1. The Morgan fingerprint density at radius 1 is 1.34 bits per heavy atom. The van der Waals surface area contributed by atoms with Gasteiger partial charge in [0.05, 0.1) is 6.10 Å². The Kier molecular flexibility index (Phi) is 6.59. The third-order valence-corrected chi connectivity index (χ3v) is 5.01. The molecule has 0 bridgehead atoms. The van der Waals surface area contributed by atoms with Crippen LogP contribution in [0.25, 0.3) is 0 Å². The third-order valence-electron chi connectivity index (χ3n) is 4.51. The lowest BCUT2D eigenvalue weighted by molar-refractivity contribution is -0.127. The predicted molar refractivity (Wildman–Crippen MR) is 107 cm³/mol. The number of amides is 2. The molecule has 2 aromatic rings. The zero-order valence-electron chi connectivity index (χ0n) is 16.7. The Morgan fingerprint density at radius 3 is 2.62 bits per heavy atom. The SMILES string of the molecule is CC(C)(C)NC(=O)[C@H](c1ccc(F)cc1)N(C[C@H]1CCCO1)C(=O)c1csnn1. The highest BCUT2D eigenvalue weighted by atomic mass is 32.1. The van der Waals surface area contributed by atoms with Gasteiger partial charge in [-0.1, -0.05) is 16.6 Å². The van der Waals surface area contributed by atoms with Gasteiger partial charge >= 0.3 is 0 Å². The van der Waals surface area contributed by atoms with E-state index in [0.29, 0.717) is 12.2 Å². The van der Waals surface area contributed by atoms with Gasteiger partial charge in [-0.25, -0.2) is 4.39 Å².